The van der Waals surface area contributed by atoms with Crippen LogP contribution >= 0.6 is 11.3 Å². The Morgan fingerprint density at radius 1 is 1.56 bits per heavy atom. The van der Waals surface area contributed by atoms with E-state index in [1.165, 1.54) is 11.9 Å². The number of carboxylic acids is 1. The first-order chi connectivity index (χ1) is 8.47. The number of hydrogen-bond donors (Lipinski definition) is 2. The van der Waals surface area contributed by atoms with E-state index in [1.807, 2.05) is 18.4 Å². The Morgan fingerprint density at radius 3 is 2.67 bits per heavy atom. The van der Waals surface area contributed by atoms with Gasteiger partial charge in [-0.25, -0.2) is 9.59 Å². The van der Waals surface area contributed by atoms with Crippen LogP contribution in [0.3, 0.4) is 0 Å². The van der Waals surface area contributed by atoms with Crippen molar-refractivity contribution in [3.63, 3.8) is 0 Å². The molecule has 6 heteroatoms. The minimum atomic E-state index is -0.984. The van der Waals surface area contributed by atoms with Gasteiger partial charge in [-0.2, -0.15) is 0 Å². The Kier molecular flexibility index (Phi) is 5.15. The highest BCUT2D eigenvalue weighted by Gasteiger charge is 2.24. The topological polar surface area (TPSA) is 69.6 Å². The summed E-state index contributed by atoms with van der Waals surface area (Å²) in [5, 5.41) is 13.7. The summed E-state index contributed by atoms with van der Waals surface area (Å²) in [6, 6.07) is 0.841. The molecular formula is C12H18N2O3S. The number of hydrogen-bond acceptors (Lipinski definition) is 3. The lowest BCUT2D eigenvalue weighted by molar-refractivity contribution is -0.141. The number of nitrogens with zero attached hydrogens (tertiary/aromatic N) is 1. The second-order valence-electron chi connectivity index (χ2n) is 4.06. The van der Waals surface area contributed by atoms with E-state index in [0.717, 1.165) is 10.4 Å². The molecule has 100 valence electrons. The molecular weight excluding hydrogens is 252 g/mol. The van der Waals surface area contributed by atoms with Gasteiger partial charge in [-0.15, -0.1) is 11.3 Å². The molecule has 1 heterocycles. The molecule has 0 spiro atoms. The van der Waals surface area contributed by atoms with E-state index in [1.54, 1.807) is 18.3 Å². The first-order valence-electron chi connectivity index (χ1n) is 5.73. The molecule has 1 atom stereocenters. The van der Waals surface area contributed by atoms with Crippen LogP contribution < -0.4 is 5.32 Å². The van der Waals surface area contributed by atoms with Crippen molar-refractivity contribution in [2.75, 3.05) is 7.05 Å². The fourth-order valence-electron chi connectivity index (χ4n) is 1.62. The molecule has 0 saturated carbocycles. The summed E-state index contributed by atoms with van der Waals surface area (Å²) in [5.74, 6) is -0.984. The number of urea groups is 1. The predicted octanol–water partition coefficient (Wildman–Crippen LogP) is 2.06. The zero-order valence-corrected chi connectivity index (χ0v) is 11.6. The molecule has 1 unspecified atom stereocenters. The average Bonchev–Trinajstić information content (AvgIpc) is 2.72. The summed E-state index contributed by atoms with van der Waals surface area (Å²) in [6.07, 6.45) is 0.386. The van der Waals surface area contributed by atoms with Gasteiger partial charge in [0.05, 0.1) is 6.54 Å². The van der Waals surface area contributed by atoms with Gasteiger partial charge in [0, 0.05) is 11.9 Å². The van der Waals surface area contributed by atoms with Gasteiger partial charge in [-0.1, -0.05) is 6.92 Å². The van der Waals surface area contributed by atoms with E-state index in [0.29, 0.717) is 13.0 Å². The largest absolute Gasteiger partial charge is 0.480 e. The van der Waals surface area contributed by atoms with Crippen LogP contribution in [0.15, 0.2) is 11.4 Å². The number of carbonyl (C=O) groups is 2. The van der Waals surface area contributed by atoms with Gasteiger partial charge in [-0.05, 0) is 30.4 Å². The van der Waals surface area contributed by atoms with Crippen LogP contribution in [0.1, 0.15) is 23.8 Å². The van der Waals surface area contributed by atoms with Crippen molar-refractivity contribution in [2.45, 2.75) is 32.9 Å². The van der Waals surface area contributed by atoms with Gasteiger partial charge < -0.3 is 15.3 Å². The quantitative estimate of drug-likeness (QED) is 0.860. The molecule has 0 aliphatic heterocycles. The zero-order chi connectivity index (χ0) is 13.7. The summed E-state index contributed by atoms with van der Waals surface area (Å²) in [5.41, 5.74) is 1.13. The molecule has 2 amide bonds. The number of nitrogens with one attached hydrogen (secondary N) is 1. The maximum atomic E-state index is 11.8. The van der Waals surface area contributed by atoms with E-state index in [-0.39, 0.29) is 6.03 Å². The molecule has 0 aliphatic rings. The number of amides is 2. The van der Waals surface area contributed by atoms with Gasteiger partial charge in [0.2, 0.25) is 0 Å². The van der Waals surface area contributed by atoms with Gasteiger partial charge in [0.25, 0.3) is 0 Å². The van der Waals surface area contributed by atoms with Crippen molar-refractivity contribution in [1.82, 2.24) is 10.2 Å². The van der Waals surface area contributed by atoms with E-state index >= 15 is 0 Å². The van der Waals surface area contributed by atoms with E-state index in [4.69, 9.17) is 5.11 Å². The van der Waals surface area contributed by atoms with Crippen molar-refractivity contribution in [3.8, 4) is 0 Å². The third-order valence-corrected chi connectivity index (χ3v) is 3.85. The Bertz CT molecular complexity index is 431. The van der Waals surface area contributed by atoms with Crippen LogP contribution in [0.2, 0.25) is 0 Å². The van der Waals surface area contributed by atoms with Crippen molar-refractivity contribution < 1.29 is 14.7 Å². The highest BCUT2D eigenvalue weighted by Crippen LogP contribution is 2.15. The Morgan fingerprint density at radius 2 is 2.22 bits per heavy atom. The minimum Gasteiger partial charge on any atom is -0.480 e. The Labute approximate surface area is 110 Å². The lowest BCUT2D eigenvalue weighted by atomic mass is 10.2. The number of aliphatic carboxylic acids is 1. The van der Waals surface area contributed by atoms with Crippen molar-refractivity contribution in [2.24, 2.45) is 0 Å². The molecule has 0 fully saturated rings. The normalized spacial score (nSPS) is 11.9. The zero-order valence-electron chi connectivity index (χ0n) is 10.8. The molecule has 18 heavy (non-hydrogen) atoms. The average molecular weight is 270 g/mol. The number of rotatable bonds is 5. The monoisotopic (exact) mass is 270 g/mol. The molecule has 2 N–H and O–H groups in total. The summed E-state index contributed by atoms with van der Waals surface area (Å²) >= 11 is 1.57. The number of aryl methyl sites for hydroxylation is 1. The highest BCUT2D eigenvalue weighted by molar-refractivity contribution is 7.10. The van der Waals surface area contributed by atoms with Crippen LogP contribution in [-0.4, -0.2) is 35.1 Å². The van der Waals surface area contributed by atoms with E-state index < -0.39 is 12.0 Å². The maximum Gasteiger partial charge on any atom is 0.326 e. The van der Waals surface area contributed by atoms with E-state index in [9.17, 15) is 9.59 Å². The standard InChI is InChI=1S/C12H18N2O3S/c1-4-9(11(15)16)14(3)12(17)13-7-10-8(2)5-6-18-10/h5-6,9H,4,7H2,1-3H3,(H,13,17)(H,15,16). The van der Waals surface area contributed by atoms with Crippen molar-refractivity contribution >= 4 is 23.3 Å². The van der Waals surface area contributed by atoms with Gasteiger partial charge >= 0.3 is 12.0 Å². The van der Waals surface area contributed by atoms with Crippen LogP contribution in [0, 0.1) is 6.92 Å². The molecule has 5 nitrogen and oxygen atoms in total. The second kappa shape index (κ2) is 6.39. The molecule has 0 bridgehead atoms. The second-order valence-corrected chi connectivity index (χ2v) is 5.06. The Hall–Kier alpha value is -1.56. The summed E-state index contributed by atoms with van der Waals surface area (Å²) in [7, 11) is 1.50. The fraction of sp³-hybridized carbons (Fsp3) is 0.500. The first kappa shape index (κ1) is 14.5. The van der Waals surface area contributed by atoms with Gasteiger partial charge in [0.1, 0.15) is 6.04 Å². The molecule has 0 radical (unpaired) electrons. The third-order valence-electron chi connectivity index (χ3n) is 2.83. The van der Waals surface area contributed by atoms with Crippen molar-refractivity contribution in [3.05, 3.63) is 21.9 Å². The Balaban J connectivity index is 2.55. The van der Waals surface area contributed by atoms with Crippen LogP contribution in [0.4, 0.5) is 4.79 Å². The molecule has 1 aromatic heterocycles. The van der Waals surface area contributed by atoms with E-state index in [2.05, 4.69) is 5.32 Å². The van der Waals surface area contributed by atoms with Crippen LogP contribution in [0.5, 0.6) is 0 Å². The smallest absolute Gasteiger partial charge is 0.326 e. The minimum absolute atomic E-state index is 0.364. The number of thiophene rings is 1. The molecule has 0 aliphatic carbocycles. The summed E-state index contributed by atoms with van der Waals surface area (Å²) in [6.45, 7) is 4.16. The summed E-state index contributed by atoms with van der Waals surface area (Å²) < 4.78 is 0. The number of carbonyl (C=O) groups excluding carboxylic acids is 1. The number of likely N-dealkylation sites (N-methyl/N-ethyl adjacent to an activating group) is 1. The van der Waals surface area contributed by atoms with Crippen LogP contribution in [0.25, 0.3) is 0 Å². The molecule has 0 aromatic carbocycles. The van der Waals surface area contributed by atoms with Crippen molar-refractivity contribution in [1.29, 1.82) is 0 Å². The van der Waals surface area contributed by atoms with Gasteiger partial charge in [0.15, 0.2) is 0 Å². The lowest BCUT2D eigenvalue weighted by Crippen LogP contribution is -2.46. The molecule has 1 aromatic rings. The SMILES string of the molecule is CCC(C(=O)O)N(C)C(=O)NCc1sccc1C. The lowest BCUT2D eigenvalue weighted by Gasteiger charge is -2.23. The summed E-state index contributed by atoms with van der Waals surface area (Å²) in [4.78, 5) is 25.1. The molecule has 0 saturated heterocycles. The predicted molar refractivity (Wildman–Crippen MR) is 70.8 cm³/mol. The van der Waals surface area contributed by atoms with Gasteiger partial charge in [-0.3, -0.25) is 0 Å². The first-order valence-corrected chi connectivity index (χ1v) is 6.61. The fourth-order valence-corrected chi connectivity index (χ4v) is 2.47. The molecule has 1 rings (SSSR count). The maximum absolute atomic E-state index is 11.8. The number of carboxylic acid groups (broad SMARTS) is 1. The third kappa shape index (κ3) is 3.46. The van der Waals surface area contributed by atoms with Crippen LogP contribution in [-0.2, 0) is 11.3 Å². The highest BCUT2D eigenvalue weighted by atomic mass is 32.1.